The Hall–Kier alpha value is -1.69. The summed E-state index contributed by atoms with van der Waals surface area (Å²) in [7, 11) is 1.59. The van der Waals surface area contributed by atoms with Gasteiger partial charge in [-0.3, -0.25) is 4.79 Å². The summed E-state index contributed by atoms with van der Waals surface area (Å²) in [6, 6.07) is 6.55. The minimum absolute atomic E-state index is 0.194. The van der Waals surface area contributed by atoms with Crippen molar-refractivity contribution in [3.63, 3.8) is 0 Å². The number of benzene rings is 1. The minimum Gasteiger partial charge on any atom is -0.497 e. The smallest absolute Gasteiger partial charge is 0.326 e. The lowest BCUT2D eigenvalue weighted by molar-refractivity contribution is -0.141. The van der Waals surface area contributed by atoms with Gasteiger partial charge in [0.25, 0.3) is 0 Å². The fourth-order valence-electron chi connectivity index (χ4n) is 1.60. The molecule has 1 amide bonds. The van der Waals surface area contributed by atoms with Gasteiger partial charge in [0, 0.05) is 4.90 Å². The Morgan fingerprint density at radius 1 is 1.35 bits per heavy atom. The van der Waals surface area contributed by atoms with Crippen LogP contribution in [0.3, 0.4) is 0 Å². The summed E-state index contributed by atoms with van der Waals surface area (Å²) in [5, 5.41) is 11.5. The van der Waals surface area contributed by atoms with Crippen molar-refractivity contribution in [1.29, 1.82) is 0 Å². The Balaban J connectivity index is 2.43. The molecule has 20 heavy (non-hydrogen) atoms. The Bertz CT molecular complexity index is 447. The number of carbonyl (C=O) groups is 2. The largest absolute Gasteiger partial charge is 0.497 e. The summed E-state index contributed by atoms with van der Waals surface area (Å²) in [5.41, 5.74) is 0. The first-order valence-corrected chi connectivity index (χ1v) is 7.34. The molecule has 0 bridgehead atoms. The molecule has 6 heteroatoms. The summed E-state index contributed by atoms with van der Waals surface area (Å²) < 4.78 is 5.05. The molecule has 1 atom stereocenters. The monoisotopic (exact) mass is 297 g/mol. The van der Waals surface area contributed by atoms with Gasteiger partial charge in [0.15, 0.2) is 0 Å². The molecule has 2 N–H and O–H groups in total. The van der Waals surface area contributed by atoms with Crippen LogP contribution in [-0.4, -0.2) is 35.9 Å². The maximum Gasteiger partial charge on any atom is 0.326 e. The summed E-state index contributed by atoms with van der Waals surface area (Å²) >= 11 is 1.36. The molecule has 0 radical (unpaired) electrons. The van der Waals surface area contributed by atoms with Crippen LogP contribution >= 0.6 is 11.8 Å². The minimum atomic E-state index is -0.991. The van der Waals surface area contributed by atoms with Crippen molar-refractivity contribution in [2.75, 3.05) is 12.9 Å². The van der Waals surface area contributed by atoms with Crippen LogP contribution in [0.1, 0.15) is 19.8 Å². The number of carboxylic acid groups (broad SMARTS) is 1. The first-order chi connectivity index (χ1) is 9.56. The predicted molar refractivity (Wildman–Crippen MR) is 78.2 cm³/mol. The van der Waals surface area contributed by atoms with Crippen LogP contribution in [-0.2, 0) is 9.59 Å². The van der Waals surface area contributed by atoms with E-state index in [0.29, 0.717) is 12.8 Å². The van der Waals surface area contributed by atoms with Gasteiger partial charge >= 0.3 is 5.97 Å². The van der Waals surface area contributed by atoms with Gasteiger partial charge in [0.05, 0.1) is 12.9 Å². The average molecular weight is 297 g/mol. The number of hydrogen-bond donors (Lipinski definition) is 2. The van der Waals surface area contributed by atoms with Crippen molar-refractivity contribution in [3.8, 4) is 5.75 Å². The number of nitrogens with one attached hydrogen (secondary N) is 1. The van der Waals surface area contributed by atoms with E-state index in [4.69, 9.17) is 9.84 Å². The van der Waals surface area contributed by atoms with Crippen molar-refractivity contribution in [2.24, 2.45) is 0 Å². The standard InChI is InChI=1S/C14H19NO4S/c1-3-4-12(14(17)18)15-13(16)9-20-11-7-5-10(19-2)6-8-11/h5-8,12H,3-4,9H2,1-2H3,(H,15,16)(H,17,18)/t12-/m1/s1. The molecule has 1 rings (SSSR count). The number of rotatable bonds is 8. The molecule has 1 aromatic carbocycles. The lowest BCUT2D eigenvalue weighted by atomic mass is 10.2. The zero-order valence-electron chi connectivity index (χ0n) is 11.6. The van der Waals surface area contributed by atoms with Crippen molar-refractivity contribution in [1.82, 2.24) is 5.32 Å². The van der Waals surface area contributed by atoms with Crippen molar-refractivity contribution in [3.05, 3.63) is 24.3 Å². The molecule has 0 aliphatic heterocycles. The van der Waals surface area contributed by atoms with Crippen molar-refractivity contribution < 1.29 is 19.4 Å². The molecule has 0 unspecified atom stereocenters. The topological polar surface area (TPSA) is 75.6 Å². The molecular weight excluding hydrogens is 278 g/mol. The fourth-order valence-corrected chi connectivity index (χ4v) is 2.31. The van der Waals surface area contributed by atoms with Crippen molar-refractivity contribution in [2.45, 2.75) is 30.7 Å². The zero-order valence-corrected chi connectivity index (χ0v) is 12.4. The highest BCUT2D eigenvalue weighted by Crippen LogP contribution is 2.20. The summed E-state index contributed by atoms with van der Waals surface area (Å²) in [5.74, 6) is -0.311. The second kappa shape index (κ2) is 8.47. The number of amides is 1. The van der Waals surface area contributed by atoms with Crippen LogP contribution in [0.15, 0.2) is 29.2 Å². The Kier molecular flexibility index (Phi) is 6.93. The number of thioether (sulfide) groups is 1. The van der Waals surface area contributed by atoms with Gasteiger partial charge in [0.1, 0.15) is 11.8 Å². The lowest BCUT2D eigenvalue weighted by Gasteiger charge is -2.13. The van der Waals surface area contributed by atoms with E-state index in [-0.39, 0.29) is 11.7 Å². The first kappa shape index (κ1) is 16.4. The van der Waals surface area contributed by atoms with Gasteiger partial charge < -0.3 is 15.2 Å². The second-order valence-electron chi connectivity index (χ2n) is 4.21. The van der Waals surface area contributed by atoms with E-state index in [2.05, 4.69) is 5.32 Å². The maximum absolute atomic E-state index is 11.7. The van der Waals surface area contributed by atoms with Gasteiger partial charge in [0.2, 0.25) is 5.91 Å². The molecule has 1 aromatic rings. The molecule has 0 spiro atoms. The number of aliphatic carboxylic acids is 1. The SMILES string of the molecule is CCC[C@@H](NC(=O)CSc1ccc(OC)cc1)C(=O)O. The molecule has 5 nitrogen and oxygen atoms in total. The molecule has 0 aliphatic carbocycles. The van der Waals surface area contributed by atoms with Gasteiger partial charge in [-0.15, -0.1) is 11.8 Å². The third kappa shape index (κ3) is 5.52. The molecule has 0 heterocycles. The average Bonchev–Trinajstić information content (AvgIpc) is 2.45. The zero-order chi connectivity index (χ0) is 15.0. The van der Waals surface area contributed by atoms with Crippen molar-refractivity contribution >= 4 is 23.6 Å². The van der Waals surface area contributed by atoms with Gasteiger partial charge in [-0.1, -0.05) is 13.3 Å². The van der Waals surface area contributed by atoms with E-state index in [1.54, 1.807) is 7.11 Å². The quantitative estimate of drug-likeness (QED) is 0.719. The molecule has 0 aromatic heterocycles. The van der Waals surface area contributed by atoms with E-state index < -0.39 is 12.0 Å². The molecule has 0 fully saturated rings. The van der Waals surface area contributed by atoms with E-state index in [0.717, 1.165) is 10.6 Å². The van der Waals surface area contributed by atoms with Crippen LogP contribution in [0.2, 0.25) is 0 Å². The maximum atomic E-state index is 11.7. The molecule has 0 saturated carbocycles. The molecule has 0 saturated heterocycles. The Labute approximate surface area is 122 Å². The predicted octanol–water partition coefficient (Wildman–Crippen LogP) is 2.16. The Morgan fingerprint density at radius 2 is 2.00 bits per heavy atom. The van der Waals surface area contributed by atoms with Gasteiger partial charge in [-0.25, -0.2) is 4.79 Å². The summed E-state index contributed by atoms with van der Waals surface area (Å²) in [6.45, 7) is 1.88. The normalized spacial score (nSPS) is 11.7. The third-order valence-corrected chi connectivity index (χ3v) is 3.65. The molecule has 0 aliphatic rings. The number of hydrogen-bond acceptors (Lipinski definition) is 4. The lowest BCUT2D eigenvalue weighted by Crippen LogP contribution is -2.41. The molecule has 110 valence electrons. The molecular formula is C14H19NO4S. The van der Waals surface area contributed by atoms with Gasteiger partial charge in [-0.2, -0.15) is 0 Å². The van der Waals surface area contributed by atoms with Crippen LogP contribution in [0, 0.1) is 0 Å². The van der Waals surface area contributed by atoms with E-state index >= 15 is 0 Å². The van der Waals surface area contributed by atoms with Crippen LogP contribution < -0.4 is 10.1 Å². The highest BCUT2D eigenvalue weighted by Gasteiger charge is 2.18. The number of methoxy groups -OCH3 is 1. The van der Waals surface area contributed by atoms with E-state index in [1.165, 1.54) is 11.8 Å². The summed E-state index contributed by atoms with van der Waals surface area (Å²) in [4.78, 5) is 23.6. The number of carboxylic acids is 1. The fraction of sp³-hybridized carbons (Fsp3) is 0.429. The van der Waals surface area contributed by atoms with Crippen LogP contribution in [0.25, 0.3) is 0 Å². The second-order valence-corrected chi connectivity index (χ2v) is 5.26. The highest BCUT2D eigenvalue weighted by atomic mass is 32.2. The number of carbonyl (C=O) groups excluding carboxylic acids is 1. The van der Waals surface area contributed by atoms with Crippen LogP contribution in [0.5, 0.6) is 5.75 Å². The third-order valence-electron chi connectivity index (χ3n) is 2.64. The van der Waals surface area contributed by atoms with E-state index in [1.807, 2.05) is 31.2 Å². The summed E-state index contributed by atoms with van der Waals surface area (Å²) in [6.07, 6.45) is 1.15. The van der Waals surface area contributed by atoms with Crippen LogP contribution in [0.4, 0.5) is 0 Å². The highest BCUT2D eigenvalue weighted by molar-refractivity contribution is 8.00. The van der Waals surface area contributed by atoms with Gasteiger partial charge in [-0.05, 0) is 30.7 Å². The Morgan fingerprint density at radius 3 is 2.50 bits per heavy atom. The van der Waals surface area contributed by atoms with E-state index in [9.17, 15) is 9.59 Å². The first-order valence-electron chi connectivity index (χ1n) is 6.35. The number of ether oxygens (including phenoxy) is 1.